The number of carbonyl (C=O) groups excluding carboxylic acids is 3. The van der Waals surface area contributed by atoms with Crippen LogP contribution in [0.4, 0.5) is 0 Å². The summed E-state index contributed by atoms with van der Waals surface area (Å²) in [5.41, 5.74) is 0. The van der Waals surface area contributed by atoms with Crippen LogP contribution < -0.4 is 0 Å². The zero-order chi connectivity index (χ0) is 53.6. The number of unbranched alkanes of at least 4 members (excludes halogenated alkanes) is 41. The van der Waals surface area contributed by atoms with Crippen LogP contribution in [0.15, 0.2) is 48.6 Å². The van der Waals surface area contributed by atoms with E-state index in [1.165, 1.54) is 225 Å². The van der Waals surface area contributed by atoms with Gasteiger partial charge in [-0.2, -0.15) is 0 Å². The van der Waals surface area contributed by atoms with Crippen molar-refractivity contribution in [3.05, 3.63) is 48.6 Å². The number of ether oxygens (including phenoxy) is 3. The first-order valence-corrected chi connectivity index (χ1v) is 32.6. The highest BCUT2D eigenvalue weighted by molar-refractivity contribution is 5.71. The fraction of sp³-hybridized carbons (Fsp3) is 0.838. The molecular formula is C68H124O6. The van der Waals surface area contributed by atoms with E-state index in [0.717, 1.165) is 83.5 Å². The molecule has 74 heavy (non-hydrogen) atoms. The summed E-state index contributed by atoms with van der Waals surface area (Å²) in [6.45, 7) is 6.52. The zero-order valence-corrected chi connectivity index (χ0v) is 49.6. The first-order valence-electron chi connectivity index (χ1n) is 32.6. The van der Waals surface area contributed by atoms with E-state index in [-0.39, 0.29) is 31.1 Å². The first kappa shape index (κ1) is 71.4. The number of hydrogen-bond donors (Lipinski definition) is 0. The Morgan fingerprint density at radius 2 is 0.527 bits per heavy atom. The van der Waals surface area contributed by atoms with E-state index in [2.05, 4.69) is 69.4 Å². The molecular weight excluding hydrogens is 913 g/mol. The largest absolute Gasteiger partial charge is 0.462 e. The molecule has 0 aliphatic heterocycles. The predicted octanol–water partition coefficient (Wildman–Crippen LogP) is 22.2. The van der Waals surface area contributed by atoms with Gasteiger partial charge in [0.05, 0.1) is 0 Å². The lowest BCUT2D eigenvalue weighted by Gasteiger charge is -2.18. The second kappa shape index (κ2) is 62.9. The normalized spacial score (nSPS) is 12.3. The van der Waals surface area contributed by atoms with Gasteiger partial charge in [0.25, 0.3) is 0 Å². The Labute approximate surface area is 460 Å². The van der Waals surface area contributed by atoms with Crippen molar-refractivity contribution >= 4 is 17.9 Å². The molecule has 0 saturated carbocycles. The Bertz CT molecular complexity index is 1280. The van der Waals surface area contributed by atoms with Crippen LogP contribution in [0.2, 0.25) is 0 Å². The van der Waals surface area contributed by atoms with E-state index in [4.69, 9.17) is 14.2 Å². The minimum atomic E-state index is -0.765. The molecule has 0 aliphatic rings. The van der Waals surface area contributed by atoms with Gasteiger partial charge in [-0.25, -0.2) is 0 Å². The second-order valence-corrected chi connectivity index (χ2v) is 22.0. The minimum Gasteiger partial charge on any atom is -0.462 e. The summed E-state index contributed by atoms with van der Waals surface area (Å²) in [7, 11) is 0. The molecule has 0 aliphatic carbocycles. The molecule has 6 nitrogen and oxygen atoms in total. The van der Waals surface area contributed by atoms with Crippen molar-refractivity contribution in [2.75, 3.05) is 13.2 Å². The van der Waals surface area contributed by atoms with Crippen molar-refractivity contribution in [1.82, 2.24) is 0 Å². The van der Waals surface area contributed by atoms with Crippen LogP contribution in [0.3, 0.4) is 0 Å². The van der Waals surface area contributed by atoms with Gasteiger partial charge in [0.15, 0.2) is 6.10 Å². The molecule has 432 valence electrons. The monoisotopic (exact) mass is 1040 g/mol. The van der Waals surface area contributed by atoms with E-state index < -0.39 is 6.10 Å². The summed E-state index contributed by atoms with van der Waals surface area (Å²) in [5, 5.41) is 0. The van der Waals surface area contributed by atoms with E-state index in [9.17, 15) is 14.4 Å². The standard InChI is InChI=1S/C68H124O6/c1-4-7-10-13-16-18-20-22-24-26-28-29-30-31-32-33-34-35-36-37-38-39-41-42-44-46-48-50-52-55-58-61-67(70)73-64-65(63-72-66(69)60-57-54-15-12-9-6-3)74-68(71)62-59-56-53-51-49-47-45-43-40-27-25-23-21-19-17-14-11-8-5-2/h7,10,16,18,22,24,28-29,65H,4-6,8-9,11-15,17,19-21,23,25-27,30-64H2,1-3H3/b10-7-,18-16-,24-22-,29-28-. The molecule has 0 radical (unpaired) electrons. The maximum atomic E-state index is 12.8. The smallest absolute Gasteiger partial charge is 0.306 e. The van der Waals surface area contributed by atoms with Gasteiger partial charge in [-0.05, 0) is 57.8 Å². The maximum Gasteiger partial charge on any atom is 0.306 e. The average Bonchev–Trinajstić information content (AvgIpc) is 3.40. The van der Waals surface area contributed by atoms with Crippen LogP contribution >= 0.6 is 0 Å². The van der Waals surface area contributed by atoms with Gasteiger partial charge in [-0.3, -0.25) is 14.4 Å². The summed E-state index contributed by atoms with van der Waals surface area (Å²) in [6, 6.07) is 0. The Kier molecular flexibility index (Phi) is 60.7. The van der Waals surface area contributed by atoms with Gasteiger partial charge in [0.1, 0.15) is 13.2 Å². The Balaban J connectivity index is 3.97. The van der Waals surface area contributed by atoms with Crippen LogP contribution in [0.1, 0.15) is 348 Å². The summed E-state index contributed by atoms with van der Waals surface area (Å²) >= 11 is 0. The molecule has 0 spiro atoms. The number of carbonyl (C=O) groups is 3. The highest BCUT2D eigenvalue weighted by Crippen LogP contribution is 2.18. The summed E-state index contributed by atoms with van der Waals surface area (Å²) in [4.78, 5) is 38.0. The van der Waals surface area contributed by atoms with Crippen molar-refractivity contribution in [3.63, 3.8) is 0 Å². The second-order valence-electron chi connectivity index (χ2n) is 22.0. The molecule has 0 bridgehead atoms. The molecule has 0 heterocycles. The lowest BCUT2D eigenvalue weighted by atomic mass is 10.0. The molecule has 1 unspecified atom stereocenters. The fourth-order valence-electron chi connectivity index (χ4n) is 9.73. The Morgan fingerprint density at radius 1 is 0.284 bits per heavy atom. The Hall–Kier alpha value is -2.63. The van der Waals surface area contributed by atoms with Crippen LogP contribution in [0, 0.1) is 0 Å². The molecule has 0 fully saturated rings. The zero-order valence-electron chi connectivity index (χ0n) is 49.6. The fourth-order valence-corrected chi connectivity index (χ4v) is 9.73. The van der Waals surface area contributed by atoms with Crippen LogP contribution in [-0.2, 0) is 28.6 Å². The highest BCUT2D eigenvalue weighted by Gasteiger charge is 2.19. The summed E-state index contributed by atoms with van der Waals surface area (Å²) in [5.74, 6) is -0.854. The van der Waals surface area contributed by atoms with Gasteiger partial charge in [0, 0.05) is 19.3 Å². The maximum absolute atomic E-state index is 12.8. The van der Waals surface area contributed by atoms with Crippen molar-refractivity contribution in [1.29, 1.82) is 0 Å². The van der Waals surface area contributed by atoms with E-state index in [1.54, 1.807) is 0 Å². The molecule has 0 rings (SSSR count). The predicted molar refractivity (Wildman–Crippen MR) is 321 cm³/mol. The third kappa shape index (κ3) is 60.2. The van der Waals surface area contributed by atoms with Crippen molar-refractivity contribution in [2.45, 2.75) is 354 Å². The molecule has 0 amide bonds. The van der Waals surface area contributed by atoms with E-state index >= 15 is 0 Å². The lowest BCUT2D eigenvalue weighted by Crippen LogP contribution is -2.30. The van der Waals surface area contributed by atoms with E-state index in [0.29, 0.717) is 19.3 Å². The Morgan fingerprint density at radius 3 is 0.824 bits per heavy atom. The van der Waals surface area contributed by atoms with Crippen LogP contribution in [-0.4, -0.2) is 37.2 Å². The number of rotatable bonds is 60. The average molecular weight is 1040 g/mol. The molecule has 1 atom stereocenters. The quantitative estimate of drug-likeness (QED) is 0.0261. The molecule has 0 aromatic heterocycles. The molecule has 0 N–H and O–H groups in total. The SMILES string of the molecule is CC/C=C\C/C=C\C/C=C\C/C=C\CCCCCCCCCCCCCCCCCCCCC(=O)OCC(COC(=O)CCCCCCCC)OC(=O)CCCCCCCCCCCCCCCCCCCCC. The number of esters is 3. The van der Waals surface area contributed by atoms with Gasteiger partial charge < -0.3 is 14.2 Å². The molecule has 0 saturated heterocycles. The van der Waals surface area contributed by atoms with Gasteiger partial charge in [-0.15, -0.1) is 0 Å². The minimum absolute atomic E-state index is 0.0668. The van der Waals surface area contributed by atoms with Gasteiger partial charge in [-0.1, -0.05) is 320 Å². The lowest BCUT2D eigenvalue weighted by molar-refractivity contribution is -0.167. The van der Waals surface area contributed by atoms with Gasteiger partial charge >= 0.3 is 17.9 Å². The van der Waals surface area contributed by atoms with Crippen molar-refractivity contribution < 1.29 is 28.6 Å². The highest BCUT2D eigenvalue weighted by atomic mass is 16.6. The first-order chi connectivity index (χ1) is 36.5. The number of allylic oxidation sites excluding steroid dienone is 8. The van der Waals surface area contributed by atoms with Crippen LogP contribution in [0.25, 0.3) is 0 Å². The third-order valence-corrected chi connectivity index (χ3v) is 14.6. The van der Waals surface area contributed by atoms with Crippen molar-refractivity contribution in [2.24, 2.45) is 0 Å². The summed E-state index contributed by atoms with van der Waals surface area (Å²) in [6.07, 6.45) is 78.8. The topological polar surface area (TPSA) is 78.9 Å². The van der Waals surface area contributed by atoms with Crippen molar-refractivity contribution in [3.8, 4) is 0 Å². The number of hydrogen-bond acceptors (Lipinski definition) is 6. The third-order valence-electron chi connectivity index (χ3n) is 14.6. The van der Waals surface area contributed by atoms with E-state index in [1.807, 2.05) is 0 Å². The molecule has 0 aromatic carbocycles. The molecule has 6 heteroatoms. The molecule has 0 aromatic rings. The van der Waals surface area contributed by atoms with Crippen LogP contribution in [0.5, 0.6) is 0 Å². The summed E-state index contributed by atoms with van der Waals surface area (Å²) < 4.78 is 16.8. The van der Waals surface area contributed by atoms with Gasteiger partial charge in [0.2, 0.25) is 0 Å².